The SMILES string of the molecule is C=C(C)COOCCOC(=O)NCCCCCCN(OCNCCCCCCN=C=O)OCNC1CCCCC[N+]1=C=O. The number of hydrogen-bond donors (Lipinski definition) is 3. The van der Waals surface area contributed by atoms with Crippen LogP contribution < -0.4 is 16.0 Å². The standard InChI is InChI=1S/C29H52N6O8/c1-27(2)22-43-42-21-20-39-29(38)32-17-11-5-6-13-19-35(40-24-31-16-10-4-3-9-15-30-23-36)41-25-33-28-14-8-7-12-18-34(28)26-37/h28,31,33H,1,3-22,24-25H2,2H3/p+1. The van der Waals surface area contributed by atoms with Gasteiger partial charge >= 0.3 is 12.2 Å². The average molecular weight is 614 g/mol. The molecule has 1 unspecified atom stereocenters. The van der Waals surface area contributed by atoms with E-state index < -0.39 is 6.09 Å². The number of isocyanates is 2. The van der Waals surface area contributed by atoms with Crippen LogP contribution in [0.3, 0.4) is 0 Å². The minimum absolute atomic E-state index is 0.0984. The molecule has 1 aliphatic rings. The number of nitrogens with one attached hydrogen (secondary N) is 3. The number of rotatable bonds is 27. The number of ether oxygens (including phenoxy) is 1. The summed E-state index contributed by atoms with van der Waals surface area (Å²) in [7, 11) is 0. The molecule has 1 heterocycles. The summed E-state index contributed by atoms with van der Waals surface area (Å²) in [6.45, 7) is 9.73. The number of carbonyl (C=O) groups excluding carboxylic acids is 3. The molecule has 1 amide bonds. The van der Waals surface area contributed by atoms with Crippen LogP contribution in [0.1, 0.15) is 84.0 Å². The largest absolute Gasteiger partial charge is 0.447 e. The van der Waals surface area contributed by atoms with Crippen LogP contribution in [0.25, 0.3) is 0 Å². The lowest BCUT2D eigenvalue weighted by molar-refractivity contribution is -0.570. The van der Waals surface area contributed by atoms with Crippen LogP contribution >= 0.6 is 0 Å². The quantitative estimate of drug-likeness (QED) is 0.0183. The number of amides is 1. The molecule has 1 saturated heterocycles. The molecule has 0 aromatic carbocycles. The lowest BCUT2D eigenvalue weighted by Crippen LogP contribution is -2.42. The third kappa shape index (κ3) is 23.6. The van der Waals surface area contributed by atoms with Crippen molar-refractivity contribution in [2.75, 3.05) is 66.0 Å². The second kappa shape index (κ2) is 28.3. The number of unbranched alkanes of at least 4 members (excludes halogenated alkanes) is 6. The first-order valence-electron chi connectivity index (χ1n) is 15.5. The Morgan fingerprint density at radius 2 is 1.72 bits per heavy atom. The van der Waals surface area contributed by atoms with E-state index in [1.807, 2.05) is 13.0 Å². The van der Waals surface area contributed by atoms with Crippen molar-refractivity contribution in [3.8, 4) is 0 Å². The normalized spacial score (nSPS) is 15.0. The van der Waals surface area contributed by atoms with Crippen LogP contribution in [0.5, 0.6) is 0 Å². The summed E-state index contributed by atoms with van der Waals surface area (Å²) < 4.78 is 6.70. The first kappa shape index (κ1) is 38.5. The molecule has 0 aliphatic carbocycles. The molecule has 0 bridgehead atoms. The van der Waals surface area contributed by atoms with Crippen molar-refractivity contribution in [3.05, 3.63) is 12.2 Å². The van der Waals surface area contributed by atoms with Crippen LogP contribution in [0.15, 0.2) is 17.1 Å². The van der Waals surface area contributed by atoms with Crippen LogP contribution in [-0.2, 0) is 33.8 Å². The van der Waals surface area contributed by atoms with E-state index in [2.05, 4.69) is 27.5 Å². The van der Waals surface area contributed by atoms with Crippen molar-refractivity contribution in [2.24, 2.45) is 4.99 Å². The Balaban J connectivity index is 2.24. The van der Waals surface area contributed by atoms with E-state index in [1.165, 1.54) is 5.23 Å². The minimum atomic E-state index is -0.483. The van der Waals surface area contributed by atoms with Gasteiger partial charge in [0.25, 0.3) is 0 Å². The maximum atomic E-state index is 11.7. The molecule has 1 rings (SSSR count). The molecule has 246 valence electrons. The van der Waals surface area contributed by atoms with E-state index in [-0.39, 0.29) is 26.1 Å². The van der Waals surface area contributed by atoms with E-state index in [4.69, 9.17) is 24.2 Å². The molecule has 0 spiro atoms. The fourth-order valence-electron chi connectivity index (χ4n) is 4.16. The summed E-state index contributed by atoms with van der Waals surface area (Å²) in [5, 5.41) is 10.8. The zero-order chi connectivity index (χ0) is 31.2. The predicted octanol–water partition coefficient (Wildman–Crippen LogP) is 3.20. The molecule has 0 saturated carbocycles. The Morgan fingerprint density at radius 3 is 2.51 bits per heavy atom. The van der Waals surface area contributed by atoms with Gasteiger partial charge in [0.05, 0.1) is 13.1 Å². The third-order valence-corrected chi connectivity index (χ3v) is 6.47. The third-order valence-electron chi connectivity index (χ3n) is 6.47. The Morgan fingerprint density at radius 1 is 0.953 bits per heavy atom. The van der Waals surface area contributed by atoms with Gasteiger partial charge < -0.3 is 10.1 Å². The number of alkyl carbamates (subject to hydrolysis) is 1. The van der Waals surface area contributed by atoms with Crippen LogP contribution in [0.2, 0.25) is 0 Å². The first-order chi connectivity index (χ1) is 21.1. The van der Waals surface area contributed by atoms with Gasteiger partial charge in [0.2, 0.25) is 12.2 Å². The molecule has 14 heteroatoms. The van der Waals surface area contributed by atoms with Gasteiger partial charge in [-0.1, -0.05) is 43.1 Å². The molecule has 0 radical (unpaired) electrons. The highest BCUT2D eigenvalue weighted by Gasteiger charge is 2.24. The molecule has 1 aliphatic heterocycles. The molecule has 43 heavy (non-hydrogen) atoms. The van der Waals surface area contributed by atoms with Gasteiger partial charge in [-0.15, -0.1) is 4.58 Å². The molecular weight excluding hydrogens is 560 g/mol. The fraction of sp³-hybridized carbons (Fsp3) is 0.828. The Labute approximate surface area is 256 Å². The molecule has 0 aromatic rings. The summed E-state index contributed by atoms with van der Waals surface area (Å²) >= 11 is 0. The zero-order valence-corrected chi connectivity index (χ0v) is 25.9. The summed E-state index contributed by atoms with van der Waals surface area (Å²) in [5.74, 6) is 0. The minimum Gasteiger partial charge on any atom is -0.447 e. The molecular formula is C29H53N6O8+. The van der Waals surface area contributed by atoms with Crippen molar-refractivity contribution < 1.29 is 43.1 Å². The van der Waals surface area contributed by atoms with E-state index in [1.54, 1.807) is 10.7 Å². The lowest BCUT2D eigenvalue weighted by Gasteiger charge is -2.22. The average Bonchev–Trinajstić information content (AvgIpc) is 3.23. The van der Waals surface area contributed by atoms with Crippen molar-refractivity contribution >= 4 is 18.3 Å². The van der Waals surface area contributed by atoms with Crippen LogP contribution in [-0.4, -0.2) is 100 Å². The van der Waals surface area contributed by atoms with Gasteiger partial charge in [-0.05, 0) is 52.0 Å². The Bertz CT molecular complexity index is 836. The Kier molecular flexibility index (Phi) is 25.3. The predicted molar refractivity (Wildman–Crippen MR) is 159 cm³/mol. The highest BCUT2D eigenvalue weighted by atomic mass is 17.2. The second-order valence-corrected chi connectivity index (χ2v) is 10.4. The molecule has 14 nitrogen and oxygen atoms in total. The smallest absolute Gasteiger partial charge is 0.425 e. The van der Waals surface area contributed by atoms with E-state index in [9.17, 15) is 14.4 Å². The van der Waals surface area contributed by atoms with Gasteiger partial charge in [-0.3, -0.25) is 15.0 Å². The monoisotopic (exact) mass is 613 g/mol. The molecule has 0 aromatic heterocycles. The van der Waals surface area contributed by atoms with Crippen molar-refractivity contribution in [1.82, 2.24) is 21.2 Å². The number of nitrogens with zero attached hydrogens (tertiary/aromatic N) is 3. The molecule has 3 N–H and O–H groups in total. The van der Waals surface area contributed by atoms with Crippen molar-refractivity contribution in [2.45, 2.75) is 90.1 Å². The van der Waals surface area contributed by atoms with Gasteiger partial charge in [0, 0.05) is 19.4 Å². The number of hydroxylamine groups is 2. The first-order valence-corrected chi connectivity index (χ1v) is 15.5. The molecule has 1 atom stereocenters. The highest BCUT2D eigenvalue weighted by Crippen LogP contribution is 2.11. The van der Waals surface area contributed by atoms with Gasteiger partial charge in [-0.25, -0.2) is 29.7 Å². The van der Waals surface area contributed by atoms with E-state index in [0.29, 0.717) is 39.5 Å². The number of carbonyl (C=O) groups is 1. The van der Waals surface area contributed by atoms with Crippen molar-refractivity contribution in [1.29, 1.82) is 0 Å². The fourth-order valence-corrected chi connectivity index (χ4v) is 4.16. The van der Waals surface area contributed by atoms with Gasteiger partial charge in [-0.2, -0.15) is 4.79 Å². The summed E-state index contributed by atoms with van der Waals surface area (Å²) in [6.07, 6.45) is 14.5. The van der Waals surface area contributed by atoms with Crippen molar-refractivity contribution in [3.63, 3.8) is 0 Å². The maximum absolute atomic E-state index is 11.7. The molecule has 1 fully saturated rings. The van der Waals surface area contributed by atoms with E-state index >= 15 is 0 Å². The maximum Gasteiger partial charge on any atom is 0.425 e. The van der Waals surface area contributed by atoms with Gasteiger partial charge in [0.15, 0.2) is 6.54 Å². The van der Waals surface area contributed by atoms with Gasteiger partial charge in [0.1, 0.15) is 33.3 Å². The number of hydrogen-bond acceptors (Lipinski definition) is 12. The lowest BCUT2D eigenvalue weighted by atomic mass is 10.2. The second-order valence-electron chi connectivity index (χ2n) is 10.4. The van der Waals surface area contributed by atoms with E-state index in [0.717, 1.165) is 89.2 Å². The van der Waals surface area contributed by atoms with Crippen LogP contribution in [0, 0.1) is 0 Å². The summed E-state index contributed by atoms with van der Waals surface area (Å²) in [6, 6.07) is 0. The summed E-state index contributed by atoms with van der Waals surface area (Å²) in [4.78, 5) is 58.2. The zero-order valence-electron chi connectivity index (χ0n) is 25.9. The highest BCUT2D eigenvalue weighted by molar-refractivity contribution is 5.66. The Hall–Kier alpha value is -2.51. The van der Waals surface area contributed by atoms with Crippen LogP contribution in [0.4, 0.5) is 4.79 Å². The number of aliphatic imine (C=N–C) groups is 1. The summed E-state index contributed by atoms with van der Waals surface area (Å²) in [5.41, 5.74) is 0.842. The topological polar surface area (TPSA) is 152 Å².